The maximum atomic E-state index is 12.4. The SMILES string of the molecule is CCC(C(=O)N(C)c1ccc(C)cc1C)C(N)=NO. The molecule has 0 heterocycles. The maximum absolute atomic E-state index is 12.4. The van der Waals surface area contributed by atoms with Gasteiger partial charge in [-0.05, 0) is 31.9 Å². The van der Waals surface area contributed by atoms with Crippen LogP contribution in [0.3, 0.4) is 0 Å². The van der Waals surface area contributed by atoms with Crippen LogP contribution in [0.4, 0.5) is 5.69 Å². The fourth-order valence-corrected chi connectivity index (χ4v) is 2.11. The van der Waals surface area contributed by atoms with Crippen molar-refractivity contribution in [1.29, 1.82) is 0 Å². The largest absolute Gasteiger partial charge is 0.409 e. The first-order chi connectivity index (χ1) is 8.92. The van der Waals surface area contributed by atoms with Crippen molar-refractivity contribution in [1.82, 2.24) is 0 Å². The second-order valence-corrected chi connectivity index (χ2v) is 4.67. The van der Waals surface area contributed by atoms with Crippen molar-refractivity contribution in [2.75, 3.05) is 11.9 Å². The number of nitrogens with two attached hydrogens (primary N) is 1. The van der Waals surface area contributed by atoms with Crippen LogP contribution < -0.4 is 10.6 Å². The molecule has 104 valence electrons. The molecule has 5 nitrogen and oxygen atoms in total. The summed E-state index contributed by atoms with van der Waals surface area (Å²) in [6, 6.07) is 5.88. The normalized spacial score (nSPS) is 13.2. The van der Waals surface area contributed by atoms with Gasteiger partial charge in [-0.25, -0.2) is 0 Å². The molecular weight excluding hydrogens is 242 g/mol. The number of oxime groups is 1. The highest BCUT2D eigenvalue weighted by Gasteiger charge is 2.25. The average Bonchev–Trinajstić information content (AvgIpc) is 2.38. The van der Waals surface area contributed by atoms with Crippen molar-refractivity contribution < 1.29 is 10.0 Å². The van der Waals surface area contributed by atoms with Crippen LogP contribution in [0.25, 0.3) is 0 Å². The van der Waals surface area contributed by atoms with E-state index in [0.29, 0.717) is 6.42 Å². The number of rotatable bonds is 4. The van der Waals surface area contributed by atoms with Gasteiger partial charge in [-0.3, -0.25) is 4.79 Å². The number of amides is 1. The van der Waals surface area contributed by atoms with E-state index in [2.05, 4.69) is 5.16 Å². The fraction of sp³-hybridized carbons (Fsp3) is 0.429. The Morgan fingerprint density at radius 1 is 1.47 bits per heavy atom. The first-order valence-corrected chi connectivity index (χ1v) is 6.24. The summed E-state index contributed by atoms with van der Waals surface area (Å²) in [5.74, 6) is -0.829. The van der Waals surface area contributed by atoms with Crippen LogP contribution in [0.15, 0.2) is 23.4 Å². The van der Waals surface area contributed by atoms with Gasteiger partial charge in [0.05, 0.1) is 5.92 Å². The first-order valence-electron chi connectivity index (χ1n) is 6.24. The molecule has 0 saturated heterocycles. The molecule has 0 bridgehead atoms. The van der Waals surface area contributed by atoms with E-state index in [4.69, 9.17) is 10.9 Å². The Bertz CT molecular complexity index is 497. The molecule has 0 spiro atoms. The Labute approximate surface area is 113 Å². The Morgan fingerprint density at radius 3 is 2.58 bits per heavy atom. The van der Waals surface area contributed by atoms with Crippen LogP contribution in [0, 0.1) is 19.8 Å². The molecule has 1 aromatic carbocycles. The first kappa shape index (κ1) is 15.0. The van der Waals surface area contributed by atoms with Gasteiger partial charge >= 0.3 is 0 Å². The summed E-state index contributed by atoms with van der Waals surface area (Å²) in [5, 5.41) is 11.7. The molecule has 0 aliphatic carbocycles. The van der Waals surface area contributed by atoms with Gasteiger partial charge in [-0.2, -0.15) is 0 Å². The lowest BCUT2D eigenvalue weighted by molar-refractivity contribution is -0.120. The summed E-state index contributed by atoms with van der Waals surface area (Å²) in [6.45, 7) is 5.79. The quantitative estimate of drug-likeness (QED) is 0.377. The molecule has 0 aromatic heterocycles. The maximum Gasteiger partial charge on any atom is 0.237 e. The second-order valence-electron chi connectivity index (χ2n) is 4.67. The minimum absolute atomic E-state index is 0.0517. The van der Waals surface area contributed by atoms with Crippen LogP contribution in [0.5, 0.6) is 0 Å². The van der Waals surface area contributed by atoms with Crippen molar-refractivity contribution in [2.45, 2.75) is 27.2 Å². The Morgan fingerprint density at radius 2 is 2.11 bits per heavy atom. The molecule has 1 rings (SSSR count). The van der Waals surface area contributed by atoms with E-state index in [1.165, 1.54) is 0 Å². The third-order valence-electron chi connectivity index (χ3n) is 3.22. The Hall–Kier alpha value is -2.04. The van der Waals surface area contributed by atoms with Gasteiger partial charge in [0.2, 0.25) is 5.91 Å². The average molecular weight is 263 g/mol. The predicted octanol–water partition coefficient (Wildman–Crippen LogP) is 2.04. The third kappa shape index (κ3) is 3.24. The number of hydrogen-bond acceptors (Lipinski definition) is 3. The Kier molecular flexibility index (Phi) is 4.92. The monoisotopic (exact) mass is 263 g/mol. The van der Waals surface area contributed by atoms with Crippen LogP contribution in [0.1, 0.15) is 24.5 Å². The lowest BCUT2D eigenvalue weighted by Crippen LogP contribution is -2.40. The van der Waals surface area contributed by atoms with E-state index in [0.717, 1.165) is 16.8 Å². The number of carbonyl (C=O) groups excluding carboxylic acids is 1. The van der Waals surface area contributed by atoms with Gasteiger partial charge in [0, 0.05) is 12.7 Å². The summed E-state index contributed by atoms with van der Waals surface area (Å²) in [6.07, 6.45) is 0.490. The number of amidine groups is 1. The minimum atomic E-state index is -0.601. The zero-order chi connectivity index (χ0) is 14.6. The van der Waals surface area contributed by atoms with Crippen LogP contribution in [0.2, 0.25) is 0 Å². The molecule has 3 N–H and O–H groups in total. The van der Waals surface area contributed by atoms with Gasteiger partial charge in [-0.1, -0.05) is 29.8 Å². The van der Waals surface area contributed by atoms with Crippen molar-refractivity contribution in [2.24, 2.45) is 16.8 Å². The summed E-state index contributed by atoms with van der Waals surface area (Å²) in [5.41, 5.74) is 8.56. The molecule has 1 atom stereocenters. The van der Waals surface area contributed by atoms with E-state index in [1.807, 2.05) is 39.0 Å². The number of hydrogen-bond donors (Lipinski definition) is 2. The lowest BCUT2D eigenvalue weighted by Gasteiger charge is -2.24. The van der Waals surface area contributed by atoms with Crippen LogP contribution in [-0.4, -0.2) is 24.0 Å². The lowest BCUT2D eigenvalue weighted by atomic mass is 10.0. The molecule has 1 aromatic rings. The number of anilines is 1. The highest BCUT2D eigenvalue weighted by Crippen LogP contribution is 2.22. The van der Waals surface area contributed by atoms with Crippen LogP contribution in [-0.2, 0) is 4.79 Å². The molecule has 5 heteroatoms. The molecule has 0 aliphatic heterocycles. The van der Waals surface area contributed by atoms with Crippen molar-refractivity contribution >= 4 is 17.4 Å². The molecule has 0 saturated carbocycles. The Balaban J connectivity index is 3.05. The standard InChI is InChI=1S/C14H21N3O2/c1-5-11(13(15)16-19)14(18)17(4)12-7-6-9(2)8-10(12)3/h6-8,11,19H,5H2,1-4H3,(H2,15,16). The van der Waals surface area contributed by atoms with E-state index in [9.17, 15) is 4.79 Å². The van der Waals surface area contributed by atoms with E-state index in [1.54, 1.807) is 11.9 Å². The van der Waals surface area contributed by atoms with Crippen molar-refractivity contribution in [3.8, 4) is 0 Å². The summed E-state index contributed by atoms with van der Waals surface area (Å²) >= 11 is 0. The van der Waals surface area contributed by atoms with Crippen molar-refractivity contribution in [3.63, 3.8) is 0 Å². The number of benzene rings is 1. The number of nitrogens with zero attached hydrogens (tertiary/aromatic N) is 2. The zero-order valence-electron chi connectivity index (χ0n) is 11.8. The summed E-state index contributed by atoms with van der Waals surface area (Å²) < 4.78 is 0. The molecule has 1 unspecified atom stereocenters. The minimum Gasteiger partial charge on any atom is -0.409 e. The number of aryl methyl sites for hydroxylation is 2. The second kappa shape index (κ2) is 6.22. The molecule has 19 heavy (non-hydrogen) atoms. The van der Waals surface area contributed by atoms with Gasteiger partial charge in [-0.15, -0.1) is 0 Å². The van der Waals surface area contributed by atoms with Crippen molar-refractivity contribution in [3.05, 3.63) is 29.3 Å². The highest BCUT2D eigenvalue weighted by molar-refractivity contribution is 6.08. The molecule has 1 amide bonds. The van der Waals surface area contributed by atoms with E-state index >= 15 is 0 Å². The third-order valence-corrected chi connectivity index (χ3v) is 3.22. The van der Waals surface area contributed by atoms with Gasteiger partial charge in [0.25, 0.3) is 0 Å². The molecule has 0 aliphatic rings. The van der Waals surface area contributed by atoms with E-state index in [-0.39, 0.29) is 11.7 Å². The highest BCUT2D eigenvalue weighted by atomic mass is 16.4. The van der Waals surface area contributed by atoms with E-state index < -0.39 is 5.92 Å². The fourth-order valence-electron chi connectivity index (χ4n) is 2.11. The van der Waals surface area contributed by atoms with Gasteiger partial charge in [0.15, 0.2) is 5.84 Å². The summed E-state index contributed by atoms with van der Waals surface area (Å²) in [4.78, 5) is 13.9. The predicted molar refractivity (Wildman–Crippen MR) is 76.5 cm³/mol. The zero-order valence-corrected chi connectivity index (χ0v) is 11.8. The summed E-state index contributed by atoms with van der Waals surface area (Å²) in [7, 11) is 1.70. The molecule has 0 fully saturated rings. The molecular formula is C14H21N3O2. The number of carbonyl (C=O) groups is 1. The van der Waals surface area contributed by atoms with Gasteiger partial charge in [0.1, 0.15) is 0 Å². The molecule has 0 radical (unpaired) electrons. The topological polar surface area (TPSA) is 78.9 Å². The van der Waals surface area contributed by atoms with Gasteiger partial charge < -0.3 is 15.8 Å². The smallest absolute Gasteiger partial charge is 0.237 e. The van der Waals surface area contributed by atoms with Crippen LogP contribution >= 0.6 is 0 Å².